The Hall–Kier alpha value is -2.30. The Labute approximate surface area is 155 Å². The summed E-state index contributed by atoms with van der Waals surface area (Å²) < 4.78 is 10.9. The zero-order valence-corrected chi connectivity index (χ0v) is 15.9. The van der Waals surface area contributed by atoms with Gasteiger partial charge in [-0.1, -0.05) is 44.3 Å². The van der Waals surface area contributed by atoms with E-state index in [1.165, 1.54) is 18.4 Å². The summed E-state index contributed by atoms with van der Waals surface area (Å²) in [6.45, 7) is 5.07. The van der Waals surface area contributed by atoms with Crippen molar-refractivity contribution in [1.82, 2.24) is 10.5 Å². The monoisotopic (exact) mass is 356 g/mol. The molecule has 2 aromatic rings. The van der Waals surface area contributed by atoms with E-state index in [2.05, 4.69) is 30.4 Å². The molecule has 1 amide bonds. The minimum atomic E-state index is -0.128. The number of fused-ring (bicyclic) bond motifs is 3. The van der Waals surface area contributed by atoms with Crippen LogP contribution in [0.1, 0.15) is 61.1 Å². The number of aromatic nitrogens is 1. The highest BCUT2D eigenvalue weighted by Crippen LogP contribution is 2.37. The molecule has 0 saturated heterocycles. The van der Waals surface area contributed by atoms with Gasteiger partial charge >= 0.3 is 0 Å². The lowest BCUT2D eigenvalue weighted by Gasteiger charge is -2.17. The van der Waals surface area contributed by atoms with Crippen LogP contribution in [-0.2, 0) is 12.8 Å². The molecule has 1 aromatic carbocycles. The van der Waals surface area contributed by atoms with E-state index >= 15 is 0 Å². The van der Waals surface area contributed by atoms with Crippen LogP contribution in [0.5, 0.6) is 5.75 Å². The first-order valence-electron chi connectivity index (χ1n) is 9.61. The summed E-state index contributed by atoms with van der Waals surface area (Å²) in [5, 5.41) is 7.15. The van der Waals surface area contributed by atoms with Crippen LogP contribution in [0.3, 0.4) is 0 Å². The highest BCUT2D eigenvalue weighted by Gasteiger charge is 2.28. The summed E-state index contributed by atoms with van der Waals surface area (Å²) in [7, 11) is 1.65. The van der Waals surface area contributed by atoms with Gasteiger partial charge in [0.15, 0.2) is 11.5 Å². The van der Waals surface area contributed by atoms with Crippen molar-refractivity contribution in [3.8, 4) is 17.1 Å². The fourth-order valence-corrected chi connectivity index (χ4v) is 3.57. The number of carbonyl (C=O) groups is 1. The lowest BCUT2D eigenvalue weighted by Crippen LogP contribution is -2.30. The SMILES string of the molecule is CCCC[C@@H](CC)CNC(=O)c1noc2c1CCc1ccc(OC)cc1-2. The van der Waals surface area contributed by atoms with E-state index in [9.17, 15) is 4.79 Å². The van der Waals surface area contributed by atoms with Gasteiger partial charge in [0.25, 0.3) is 5.91 Å². The van der Waals surface area contributed by atoms with E-state index < -0.39 is 0 Å². The van der Waals surface area contributed by atoms with Crippen LogP contribution in [0.2, 0.25) is 0 Å². The van der Waals surface area contributed by atoms with Crippen molar-refractivity contribution in [2.75, 3.05) is 13.7 Å². The van der Waals surface area contributed by atoms with Crippen molar-refractivity contribution >= 4 is 5.91 Å². The molecule has 5 heteroatoms. The molecule has 0 unspecified atom stereocenters. The molecule has 1 aromatic heterocycles. The second-order valence-electron chi connectivity index (χ2n) is 6.99. The van der Waals surface area contributed by atoms with Crippen molar-refractivity contribution in [2.45, 2.75) is 52.4 Å². The molecular formula is C21H28N2O3. The highest BCUT2D eigenvalue weighted by molar-refractivity contribution is 5.95. The van der Waals surface area contributed by atoms with Gasteiger partial charge in [0, 0.05) is 17.7 Å². The molecule has 1 aliphatic carbocycles. The molecule has 140 valence electrons. The van der Waals surface area contributed by atoms with Crippen LogP contribution in [0, 0.1) is 5.92 Å². The number of hydrogen-bond acceptors (Lipinski definition) is 4. The second kappa shape index (κ2) is 8.39. The van der Waals surface area contributed by atoms with Gasteiger partial charge in [0.1, 0.15) is 5.75 Å². The maximum Gasteiger partial charge on any atom is 0.273 e. The lowest BCUT2D eigenvalue weighted by atomic mass is 9.89. The number of unbranched alkanes of at least 4 members (excludes halogenated alkanes) is 1. The van der Waals surface area contributed by atoms with Gasteiger partial charge in [-0.25, -0.2) is 0 Å². The Morgan fingerprint density at radius 3 is 2.92 bits per heavy atom. The number of nitrogens with one attached hydrogen (secondary N) is 1. The van der Waals surface area contributed by atoms with E-state index in [1.54, 1.807) is 7.11 Å². The summed E-state index contributed by atoms with van der Waals surface area (Å²) in [6.07, 6.45) is 6.26. The number of methoxy groups -OCH3 is 1. The van der Waals surface area contributed by atoms with E-state index in [4.69, 9.17) is 9.26 Å². The van der Waals surface area contributed by atoms with Crippen LogP contribution >= 0.6 is 0 Å². The third-order valence-corrected chi connectivity index (χ3v) is 5.30. The first-order chi connectivity index (χ1) is 12.7. The quantitative estimate of drug-likeness (QED) is 0.761. The summed E-state index contributed by atoms with van der Waals surface area (Å²) in [5.74, 6) is 1.87. The molecule has 0 fully saturated rings. The van der Waals surface area contributed by atoms with Crippen molar-refractivity contribution < 1.29 is 14.1 Å². The lowest BCUT2D eigenvalue weighted by molar-refractivity contribution is 0.0936. The molecule has 3 rings (SSSR count). The molecular weight excluding hydrogens is 328 g/mol. The highest BCUT2D eigenvalue weighted by atomic mass is 16.5. The van der Waals surface area contributed by atoms with E-state index in [1.807, 2.05) is 12.1 Å². The number of aryl methyl sites for hydroxylation is 1. The largest absolute Gasteiger partial charge is 0.497 e. The number of benzene rings is 1. The van der Waals surface area contributed by atoms with Gasteiger partial charge in [-0.15, -0.1) is 0 Å². The molecule has 0 bridgehead atoms. The second-order valence-corrected chi connectivity index (χ2v) is 6.99. The Balaban J connectivity index is 1.75. The van der Waals surface area contributed by atoms with Crippen LogP contribution in [0.25, 0.3) is 11.3 Å². The first kappa shape index (κ1) is 18.5. The topological polar surface area (TPSA) is 64.4 Å². The van der Waals surface area contributed by atoms with Crippen LogP contribution in [-0.4, -0.2) is 24.7 Å². The van der Waals surface area contributed by atoms with Gasteiger partial charge in [-0.05, 0) is 42.9 Å². The summed E-state index contributed by atoms with van der Waals surface area (Å²) in [4.78, 5) is 12.6. The molecule has 1 aliphatic rings. The van der Waals surface area contributed by atoms with Crippen LogP contribution in [0.15, 0.2) is 22.7 Å². The van der Waals surface area contributed by atoms with Crippen molar-refractivity contribution in [1.29, 1.82) is 0 Å². The van der Waals surface area contributed by atoms with Crippen molar-refractivity contribution in [3.63, 3.8) is 0 Å². The maximum absolute atomic E-state index is 12.6. The molecule has 0 spiro atoms. The van der Waals surface area contributed by atoms with Gasteiger partial charge in [-0.3, -0.25) is 4.79 Å². The molecule has 0 saturated carbocycles. The smallest absolute Gasteiger partial charge is 0.273 e. The fraction of sp³-hybridized carbons (Fsp3) is 0.524. The Morgan fingerprint density at radius 1 is 1.35 bits per heavy atom. The summed E-state index contributed by atoms with van der Waals surface area (Å²) in [6, 6.07) is 5.96. The zero-order valence-electron chi connectivity index (χ0n) is 15.9. The normalized spacial score (nSPS) is 13.7. The predicted molar refractivity (Wildman–Crippen MR) is 102 cm³/mol. The predicted octanol–water partition coefficient (Wildman–Crippen LogP) is 4.40. The maximum atomic E-state index is 12.6. The molecule has 0 radical (unpaired) electrons. The molecule has 1 heterocycles. The average molecular weight is 356 g/mol. The van der Waals surface area contributed by atoms with Crippen molar-refractivity contribution in [2.24, 2.45) is 5.92 Å². The Morgan fingerprint density at radius 2 is 2.19 bits per heavy atom. The van der Waals surface area contributed by atoms with Gasteiger partial charge in [-0.2, -0.15) is 0 Å². The Kier molecular flexibility index (Phi) is 5.96. The van der Waals surface area contributed by atoms with Crippen LogP contribution in [0.4, 0.5) is 0 Å². The first-order valence-corrected chi connectivity index (χ1v) is 9.61. The number of amides is 1. The standard InChI is InChI=1S/C21H28N2O3/c1-4-6-7-14(5-2)13-22-21(24)19-17-11-9-15-8-10-16(25-3)12-18(15)20(17)26-23-19/h8,10,12,14H,4-7,9,11,13H2,1-3H3,(H,22,24)/t14-/m1/s1. The van der Waals surface area contributed by atoms with E-state index in [-0.39, 0.29) is 5.91 Å². The number of rotatable bonds is 8. The fourth-order valence-electron chi connectivity index (χ4n) is 3.57. The minimum Gasteiger partial charge on any atom is -0.497 e. The molecule has 1 N–H and O–H groups in total. The minimum absolute atomic E-state index is 0.128. The summed E-state index contributed by atoms with van der Waals surface area (Å²) >= 11 is 0. The van der Waals surface area contributed by atoms with Gasteiger partial charge in [0.05, 0.1) is 7.11 Å². The Bertz CT molecular complexity index is 767. The number of nitrogens with zero attached hydrogens (tertiary/aromatic N) is 1. The zero-order chi connectivity index (χ0) is 18.5. The van der Waals surface area contributed by atoms with Gasteiger partial charge < -0.3 is 14.6 Å². The molecule has 26 heavy (non-hydrogen) atoms. The number of hydrogen-bond donors (Lipinski definition) is 1. The summed E-state index contributed by atoms with van der Waals surface area (Å²) in [5.41, 5.74) is 3.52. The van der Waals surface area contributed by atoms with E-state index in [0.29, 0.717) is 23.9 Å². The number of carbonyl (C=O) groups excluding carboxylic acids is 1. The third kappa shape index (κ3) is 3.76. The van der Waals surface area contributed by atoms with E-state index in [0.717, 1.165) is 42.6 Å². The average Bonchev–Trinajstić information content (AvgIpc) is 3.12. The third-order valence-electron chi connectivity index (χ3n) is 5.30. The van der Waals surface area contributed by atoms with Crippen molar-refractivity contribution in [3.05, 3.63) is 35.0 Å². The van der Waals surface area contributed by atoms with Gasteiger partial charge in [0.2, 0.25) is 0 Å². The molecule has 5 nitrogen and oxygen atoms in total. The molecule has 1 atom stereocenters. The molecule has 0 aliphatic heterocycles. The number of ether oxygens (including phenoxy) is 1. The van der Waals surface area contributed by atoms with Crippen LogP contribution < -0.4 is 10.1 Å².